The first-order valence-corrected chi connectivity index (χ1v) is 9.79. The van der Waals surface area contributed by atoms with Crippen molar-refractivity contribution in [3.8, 4) is 0 Å². The quantitative estimate of drug-likeness (QED) is 0.821. The van der Waals surface area contributed by atoms with E-state index in [1.165, 1.54) is 23.7 Å². The van der Waals surface area contributed by atoms with Crippen LogP contribution in [-0.4, -0.2) is 51.0 Å². The molecule has 0 saturated carbocycles. The monoisotopic (exact) mass is 376 g/mol. The van der Waals surface area contributed by atoms with Gasteiger partial charge in [-0.1, -0.05) is 30.5 Å². The third kappa shape index (κ3) is 4.27. The number of aryl methyl sites for hydroxylation is 1. The van der Waals surface area contributed by atoms with E-state index in [2.05, 4.69) is 28.3 Å². The molecular weight excluding hydrogens is 351 g/mol. The van der Waals surface area contributed by atoms with Gasteiger partial charge in [0.05, 0.1) is 5.69 Å². The van der Waals surface area contributed by atoms with Crippen LogP contribution < -0.4 is 0 Å². The zero-order chi connectivity index (χ0) is 18.7. The van der Waals surface area contributed by atoms with E-state index in [-0.39, 0.29) is 17.8 Å². The SMILES string of the molecule is Cc1nnsc1C(=O)N1CCCN(Cc2ccc(F)cc2)C(C(C)C)C1. The summed E-state index contributed by atoms with van der Waals surface area (Å²) in [5.74, 6) is 0.228. The molecule has 0 N–H and O–H groups in total. The van der Waals surface area contributed by atoms with Crippen molar-refractivity contribution in [1.29, 1.82) is 0 Å². The third-order valence-corrected chi connectivity index (χ3v) is 5.77. The van der Waals surface area contributed by atoms with Crippen molar-refractivity contribution in [2.24, 2.45) is 5.92 Å². The van der Waals surface area contributed by atoms with Crippen LogP contribution in [-0.2, 0) is 6.54 Å². The topological polar surface area (TPSA) is 49.3 Å². The predicted molar refractivity (Wildman–Crippen MR) is 101 cm³/mol. The molecule has 1 saturated heterocycles. The number of hydrogen-bond donors (Lipinski definition) is 0. The normalized spacial score (nSPS) is 19.0. The van der Waals surface area contributed by atoms with Gasteiger partial charge in [0, 0.05) is 32.2 Å². The summed E-state index contributed by atoms with van der Waals surface area (Å²) in [6.07, 6.45) is 0.918. The number of benzene rings is 1. The van der Waals surface area contributed by atoms with E-state index >= 15 is 0 Å². The Morgan fingerprint density at radius 1 is 1.31 bits per heavy atom. The standard InChI is InChI=1S/C19H25FN4OS/c1-13(2)17-12-24(19(25)18-14(3)21-22-26-18)10-4-9-23(17)11-15-5-7-16(20)8-6-15/h5-8,13,17H,4,9-12H2,1-3H3. The Hall–Kier alpha value is -1.86. The highest BCUT2D eigenvalue weighted by Gasteiger charge is 2.31. The molecule has 1 aromatic carbocycles. The number of amides is 1. The Morgan fingerprint density at radius 2 is 2.04 bits per heavy atom. The van der Waals surface area contributed by atoms with Crippen LogP contribution >= 0.6 is 11.5 Å². The second-order valence-corrected chi connectivity index (χ2v) is 7.95. The van der Waals surface area contributed by atoms with Crippen molar-refractivity contribution in [3.63, 3.8) is 0 Å². The van der Waals surface area contributed by atoms with E-state index in [1.807, 2.05) is 24.0 Å². The first-order chi connectivity index (χ1) is 12.5. The molecule has 1 aromatic heterocycles. The van der Waals surface area contributed by atoms with Crippen LogP contribution in [0, 0.1) is 18.7 Å². The lowest BCUT2D eigenvalue weighted by Gasteiger charge is -2.34. The molecular formula is C19H25FN4OS. The second kappa shape index (κ2) is 8.22. The maximum Gasteiger partial charge on any atom is 0.267 e. The number of halogens is 1. The highest BCUT2D eigenvalue weighted by atomic mass is 32.1. The van der Waals surface area contributed by atoms with E-state index in [0.29, 0.717) is 23.0 Å². The van der Waals surface area contributed by atoms with Gasteiger partial charge in [-0.05, 0) is 48.5 Å². The largest absolute Gasteiger partial charge is 0.336 e. The van der Waals surface area contributed by atoms with Crippen LogP contribution in [0.4, 0.5) is 4.39 Å². The van der Waals surface area contributed by atoms with Crippen molar-refractivity contribution >= 4 is 17.4 Å². The Balaban J connectivity index is 1.76. The van der Waals surface area contributed by atoms with Crippen molar-refractivity contribution in [2.45, 2.75) is 39.8 Å². The number of carbonyl (C=O) groups is 1. The highest BCUT2D eigenvalue weighted by Crippen LogP contribution is 2.22. The molecule has 1 aliphatic heterocycles. The number of aromatic nitrogens is 2. The summed E-state index contributed by atoms with van der Waals surface area (Å²) >= 11 is 1.17. The van der Waals surface area contributed by atoms with Gasteiger partial charge in [0.2, 0.25) is 0 Å². The molecule has 140 valence electrons. The van der Waals surface area contributed by atoms with E-state index < -0.39 is 0 Å². The fourth-order valence-electron chi connectivity index (χ4n) is 3.47. The fraction of sp³-hybridized carbons (Fsp3) is 0.526. The van der Waals surface area contributed by atoms with E-state index in [4.69, 9.17) is 0 Å². The molecule has 2 heterocycles. The van der Waals surface area contributed by atoms with Crippen LogP contribution in [0.5, 0.6) is 0 Å². The number of hydrogen-bond acceptors (Lipinski definition) is 5. The van der Waals surface area contributed by atoms with Crippen molar-refractivity contribution in [2.75, 3.05) is 19.6 Å². The van der Waals surface area contributed by atoms with Gasteiger partial charge in [-0.15, -0.1) is 5.10 Å². The summed E-state index contributed by atoms with van der Waals surface area (Å²) in [6.45, 7) is 9.32. The highest BCUT2D eigenvalue weighted by molar-refractivity contribution is 7.07. The third-order valence-electron chi connectivity index (χ3n) is 4.95. The minimum atomic E-state index is -0.213. The van der Waals surface area contributed by atoms with Crippen LogP contribution in [0.2, 0.25) is 0 Å². The van der Waals surface area contributed by atoms with E-state index in [9.17, 15) is 9.18 Å². The molecule has 0 radical (unpaired) electrons. The van der Waals surface area contributed by atoms with Crippen molar-refractivity contribution in [1.82, 2.24) is 19.4 Å². The smallest absolute Gasteiger partial charge is 0.267 e. The lowest BCUT2D eigenvalue weighted by molar-refractivity contribution is 0.0706. The van der Waals surface area contributed by atoms with Gasteiger partial charge in [0.25, 0.3) is 5.91 Å². The Labute approximate surface area is 158 Å². The zero-order valence-corrected chi connectivity index (χ0v) is 16.3. The maximum absolute atomic E-state index is 13.2. The molecule has 2 aromatic rings. The van der Waals surface area contributed by atoms with Gasteiger partial charge in [0.1, 0.15) is 10.7 Å². The van der Waals surface area contributed by atoms with Crippen LogP contribution in [0.25, 0.3) is 0 Å². The average Bonchev–Trinajstić information content (AvgIpc) is 2.92. The lowest BCUT2D eigenvalue weighted by Crippen LogP contribution is -2.45. The average molecular weight is 377 g/mol. The first kappa shape index (κ1) is 18.9. The minimum absolute atomic E-state index is 0.0341. The number of carbonyl (C=O) groups excluding carboxylic acids is 1. The van der Waals surface area contributed by atoms with Crippen LogP contribution in [0.15, 0.2) is 24.3 Å². The molecule has 1 fully saturated rings. The van der Waals surface area contributed by atoms with Gasteiger partial charge >= 0.3 is 0 Å². The predicted octanol–water partition coefficient (Wildman–Crippen LogP) is 3.36. The molecule has 0 spiro atoms. The molecule has 3 rings (SSSR count). The number of nitrogens with zero attached hydrogens (tertiary/aromatic N) is 4. The first-order valence-electron chi connectivity index (χ1n) is 9.02. The summed E-state index contributed by atoms with van der Waals surface area (Å²) in [5, 5.41) is 3.97. The molecule has 1 unspecified atom stereocenters. The lowest BCUT2D eigenvalue weighted by atomic mass is 10.0. The van der Waals surface area contributed by atoms with Crippen LogP contribution in [0.1, 0.15) is 41.2 Å². The Bertz CT molecular complexity index is 746. The maximum atomic E-state index is 13.2. The summed E-state index contributed by atoms with van der Waals surface area (Å²) in [7, 11) is 0. The molecule has 7 heteroatoms. The van der Waals surface area contributed by atoms with Gasteiger partial charge in [-0.25, -0.2) is 4.39 Å². The molecule has 1 amide bonds. The minimum Gasteiger partial charge on any atom is -0.336 e. The van der Waals surface area contributed by atoms with Crippen molar-refractivity contribution < 1.29 is 9.18 Å². The fourth-order valence-corrected chi connectivity index (χ4v) is 4.10. The summed E-state index contributed by atoms with van der Waals surface area (Å²) in [5.41, 5.74) is 1.80. The van der Waals surface area contributed by atoms with Gasteiger partial charge < -0.3 is 4.90 Å². The van der Waals surface area contributed by atoms with Crippen molar-refractivity contribution in [3.05, 3.63) is 46.2 Å². The van der Waals surface area contributed by atoms with Crippen LogP contribution in [0.3, 0.4) is 0 Å². The Kier molecular flexibility index (Phi) is 5.98. The van der Waals surface area contributed by atoms with Gasteiger partial charge in [-0.3, -0.25) is 9.69 Å². The summed E-state index contributed by atoms with van der Waals surface area (Å²) in [6, 6.07) is 6.95. The second-order valence-electron chi connectivity index (χ2n) is 7.20. The zero-order valence-electron chi connectivity index (χ0n) is 15.5. The molecule has 5 nitrogen and oxygen atoms in total. The van der Waals surface area contributed by atoms with E-state index in [0.717, 1.165) is 31.6 Å². The molecule has 1 aliphatic rings. The molecule has 0 aliphatic carbocycles. The van der Waals surface area contributed by atoms with Gasteiger partial charge in [-0.2, -0.15) is 0 Å². The molecule has 26 heavy (non-hydrogen) atoms. The Morgan fingerprint density at radius 3 is 2.65 bits per heavy atom. The van der Waals surface area contributed by atoms with E-state index in [1.54, 1.807) is 0 Å². The van der Waals surface area contributed by atoms with Gasteiger partial charge in [0.15, 0.2) is 0 Å². The number of rotatable bonds is 4. The summed E-state index contributed by atoms with van der Waals surface area (Å²) in [4.78, 5) is 17.9. The molecule has 0 bridgehead atoms. The summed E-state index contributed by atoms with van der Waals surface area (Å²) < 4.78 is 17.1. The molecule has 1 atom stereocenters.